The molecule has 0 unspecified atom stereocenters. The zero-order valence-corrected chi connectivity index (χ0v) is 15.1. The number of nitrogens with one attached hydrogen (secondary N) is 1. The van der Waals surface area contributed by atoms with E-state index in [2.05, 4.69) is 60.9 Å². The smallest absolute Gasteiger partial charge is 0.193 e. The van der Waals surface area contributed by atoms with Gasteiger partial charge in [0.25, 0.3) is 0 Å². The van der Waals surface area contributed by atoms with Crippen molar-refractivity contribution < 1.29 is 0 Å². The average molecular weight is 332 g/mol. The minimum Gasteiger partial charge on any atom is -0.357 e. The quantitative estimate of drug-likeness (QED) is 0.743. The number of hydrogen-bond acceptors (Lipinski definition) is 5. The first kappa shape index (κ1) is 15.2. The molecule has 6 heteroatoms. The van der Waals surface area contributed by atoms with Gasteiger partial charge in [-0.15, -0.1) is 22.7 Å². The Morgan fingerprint density at radius 2 is 1.95 bits per heavy atom. The summed E-state index contributed by atoms with van der Waals surface area (Å²) >= 11 is 3.30. The van der Waals surface area contributed by atoms with E-state index in [4.69, 9.17) is 4.98 Å². The van der Waals surface area contributed by atoms with Crippen LogP contribution in [0.15, 0.2) is 23.0 Å². The van der Waals surface area contributed by atoms with E-state index < -0.39 is 0 Å². The molecule has 0 spiro atoms. The zero-order chi connectivity index (χ0) is 15.9. The minimum absolute atomic E-state index is 0.0207. The van der Waals surface area contributed by atoms with E-state index in [1.807, 2.05) is 11.6 Å². The van der Waals surface area contributed by atoms with Gasteiger partial charge >= 0.3 is 0 Å². The molecule has 3 aromatic rings. The highest BCUT2D eigenvalue weighted by molar-refractivity contribution is 7.14. The van der Waals surface area contributed by atoms with Crippen LogP contribution in [-0.2, 0) is 0 Å². The summed E-state index contributed by atoms with van der Waals surface area (Å²) in [6.07, 6.45) is 1.84. The Bertz CT molecular complexity index is 776. The van der Waals surface area contributed by atoms with Crippen LogP contribution in [0.3, 0.4) is 0 Å². The fraction of sp³-hybridized carbons (Fsp3) is 0.375. The van der Waals surface area contributed by atoms with Crippen LogP contribution in [0.1, 0.15) is 32.2 Å². The number of nitrogens with zero attached hydrogens (tertiary/aromatic N) is 3. The summed E-state index contributed by atoms with van der Waals surface area (Å²) in [6.45, 7) is 10.7. The van der Waals surface area contributed by atoms with E-state index in [1.54, 1.807) is 22.7 Å². The van der Waals surface area contributed by atoms with Gasteiger partial charge in [0.15, 0.2) is 10.3 Å². The van der Waals surface area contributed by atoms with Crippen LogP contribution in [0.2, 0.25) is 0 Å². The standard InChI is InChI=1S/C16H20N4S2/c1-10-8-12(11(2)20(10)15-17-6-7-21-15)13-9-22-14(18-13)19-16(3,4)5/h6-9H,1-5H3,(H,18,19). The zero-order valence-electron chi connectivity index (χ0n) is 13.5. The summed E-state index contributed by atoms with van der Waals surface area (Å²) in [5, 5.41) is 9.51. The molecule has 0 saturated carbocycles. The Morgan fingerprint density at radius 3 is 2.59 bits per heavy atom. The number of hydrogen-bond donors (Lipinski definition) is 1. The summed E-state index contributed by atoms with van der Waals surface area (Å²) in [5.74, 6) is 0. The molecule has 22 heavy (non-hydrogen) atoms. The minimum atomic E-state index is 0.0207. The maximum absolute atomic E-state index is 4.74. The van der Waals surface area contributed by atoms with Gasteiger partial charge in [-0.1, -0.05) is 0 Å². The molecule has 4 nitrogen and oxygen atoms in total. The van der Waals surface area contributed by atoms with Crippen LogP contribution in [0.25, 0.3) is 16.4 Å². The monoisotopic (exact) mass is 332 g/mol. The van der Waals surface area contributed by atoms with Gasteiger partial charge in [0, 0.05) is 39.4 Å². The third kappa shape index (κ3) is 2.94. The second-order valence-corrected chi connectivity index (χ2v) is 8.08. The van der Waals surface area contributed by atoms with Crippen LogP contribution in [0, 0.1) is 13.8 Å². The van der Waals surface area contributed by atoms with Crippen molar-refractivity contribution in [3.63, 3.8) is 0 Å². The number of thiazole rings is 2. The molecule has 0 fully saturated rings. The molecule has 0 saturated heterocycles. The average Bonchev–Trinajstić information content (AvgIpc) is 3.09. The van der Waals surface area contributed by atoms with Gasteiger partial charge in [-0.3, -0.25) is 4.57 Å². The first-order chi connectivity index (χ1) is 10.3. The molecule has 0 radical (unpaired) electrons. The fourth-order valence-corrected chi connectivity index (χ4v) is 4.09. The number of aryl methyl sites for hydroxylation is 1. The van der Waals surface area contributed by atoms with Crippen LogP contribution >= 0.6 is 22.7 Å². The second-order valence-electron chi connectivity index (χ2n) is 6.35. The molecule has 0 atom stereocenters. The molecule has 1 N–H and O–H groups in total. The van der Waals surface area contributed by atoms with Gasteiger partial charge < -0.3 is 5.32 Å². The van der Waals surface area contributed by atoms with Gasteiger partial charge in [0.05, 0.1) is 5.69 Å². The molecule has 0 bridgehead atoms. The molecule has 3 rings (SSSR count). The Morgan fingerprint density at radius 1 is 1.18 bits per heavy atom. The summed E-state index contributed by atoms with van der Waals surface area (Å²) in [5.41, 5.74) is 4.58. The lowest BCUT2D eigenvalue weighted by atomic mass is 10.1. The molecule has 116 valence electrons. The van der Waals surface area contributed by atoms with Crippen LogP contribution in [-0.4, -0.2) is 20.1 Å². The summed E-state index contributed by atoms with van der Waals surface area (Å²) in [4.78, 5) is 9.16. The summed E-state index contributed by atoms with van der Waals surface area (Å²) < 4.78 is 2.19. The number of rotatable bonds is 3. The SMILES string of the molecule is Cc1cc(-c2csc(NC(C)(C)C)n2)c(C)n1-c1nccs1. The topological polar surface area (TPSA) is 42.7 Å². The van der Waals surface area contributed by atoms with Gasteiger partial charge in [-0.25, -0.2) is 9.97 Å². The van der Waals surface area contributed by atoms with Gasteiger partial charge in [-0.05, 0) is 40.7 Å². The first-order valence-corrected chi connectivity index (χ1v) is 8.94. The molecule has 0 aliphatic heterocycles. The Kier molecular flexibility index (Phi) is 3.82. The van der Waals surface area contributed by atoms with Crippen molar-refractivity contribution in [2.75, 3.05) is 5.32 Å². The third-order valence-corrected chi connectivity index (χ3v) is 4.82. The van der Waals surface area contributed by atoms with Gasteiger partial charge in [0.1, 0.15) is 0 Å². The van der Waals surface area contributed by atoms with Gasteiger partial charge in [0.2, 0.25) is 0 Å². The van der Waals surface area contributed by atoms with Gasteiger partial charge in [-0.2, -0.15) is 0 Å². The third-order valence-electron chi connectivity index (χ3n) is 3.30. The molecule has 3 aromatic heterocycles. The molecular weight excluding hydrogens is 312 g/mol. The van der Waals surface area contributed by atoms with Crippen molar-refractivity contribution in [3.8, 4) is 16.4 Å². The van der Waals surface area contributed by atoms with E-state index in [-0.39, 0.29) is 5.54 Å². The normalized spacial score (nSPS) is 11.9. The van der Waals surface area contributed by atoms with Crippen LogP contribution in [0.4, 0.5) is 5.13 Å². The lowest BCUT2D eigenvalue weighted by Crippen LogP contribution is -2.25. The highest BCUT2D eigenvalue weighted by atomic mass is 32.1. The summed E-state index contributed by atoms with van der Waals surface area (Å²) in [6, 6.07) is 2.19. The van der Waals surface area contributed by atoms with Crippen molar-refractivity contribution in [2.24, 2.45) is 0 Å². The first-order valence-electron chi connectivity index (χ1n) is 7.18. The Labute approximate surface area is 138 Å². The molecule has 3 heterocycles. The van der Waals surface area contributed by atoms with Crippen LogP contribution < -0.4 is 5.32 Å². The van der Waals surface area contributed by atoms with Crippen LogP contribution in [0.5, 0.6) is 0 Å². The summed E-state index contributed by atoms with van der Waals surface area (Å²) in [7, 11) is 0. The number of aromatic nitrogens is 3. The fourth-order valence-electron chi connectivity index (χ4n) is 2.42. The molecule has 0 aromatic carbocycles. The highest BCUT2D eigenvalue weighted by Gasteiger charge is 2.17. The van der Waals surface area contributed by atoms with Crippen molar-refractivity contribution in [3.05, 3.63) is 34.4 Å². The van der Waals surface area contributed by atoms with Crippen molar-refractivity contribution in [2.45, 2.75) is 40.2 Å². The molecule has 0 aliphatic rings. The van der Waals surface area contributed by atoms with Crippen molar-refractivity contribution in [1.29, 1.82) is 0 Å². The van der Waals surface area contributed by atoms with Crippen molar-refractivity contribution >= 4 is 27.8 Å². The molecule has 0 amide bonds. The predicted octanol–water partition coefficient (Wildman–Crippen LogP) is 4.88. The van der Waals surface area contributed by atoms with E-state index in [1.165, 1.54) is 17.0 Å². The Balaban J connectivity index is 1.98. The predicted molar refractivity (Wildman–Crippen MR) is 95.4 cm³/mol. The second kappa shape index (κ2) is 5.52. The van der Waals surface area contributed by atoms with Crippen molar-refractivity contribution in [1.82, 2.24) is 14.5 Å². The molecular formula is C16H20N4S2. The lowest BCUT2D eigenvalue weighted by Gasteiger charge is -2.19. The highest BCUT2D eigenvalue weighted by Crippen LogP contribution is 2.32. The molecule has 0 aliphatic carbocycles. The number of anilines is 1. The largest absolute Gasteiger partial charge is 0.357 e. The lowest BCUT2D eigenvalue weighted by molar-refractivity contribution is 0.633. The van der Waals surface area contributed by atoms with E-state index >= 15 is 0 Å². The maximum atomic E-state index is 4.74. The van der Waals surface area contributed by atoms with E-state index in [0.717, 1.165) is 16.0 Å². The van der Waals surface area contributed by atoms with E-state index in [9.17, 15) is 0 Å². The maximum Gasteiger partial charge on any atom is 0.193 e. The Hall–Kier alpha value is -1.66. The van der Waals surface area contributed by atoms with E-state index in [0.29, 0.717) is 0 Å².